The minimum atomic E-state index is -4.87. The van der Waals surface area contributed by atoms with Gasteiger partial charge >= 0.3 is 12.4 Å². The van der Waals surface area contributed by atoms with Gasteiger partial charge in [0.1, 0.15) is 6.04 Å². The van der Waals surface area contributed by atoms with Crippen molar-refractivity contribution in [3.8, 4) is 0 Å². The maximum atomic E-state index is 13.7. The zero-order chi connectivity index (χ0) is 21.2. The first-order valence-corrected chi connectivity index (χ1v) is 8.80. The third-order valence-corrected chi connectivity index (χ3v) is 4.75. The summed E-state index contributed by atoms with van der Waals surface area (Å²) in [6, 6.07) is 0.437. The fourth-order valence-corrected chi connectivity index (χ4v) is 3.34. The molecule has 0 saturated carbocycles. The van der Waals surface area contributed by atoms with Crippen molar-refractivity contribution < 1.29 is 35.9 Å². The average Bonchev–Trinajstić information content (AvgIpc) is 3.14. The first-order chi connectivity index (χ1) is 13.6. The molecule has 0 bridgehead atoms. The number of anilines is 1. The Kier molecular flexibility index (Phi) is 5.92. The molecule has 12 heteroatoms. The van der Waals surface area contributed by atoms with Gasteiger partial charge in [0.2, 0.25) is 12.1 Å². The summed E-state index contributed by atoms with van der Waals surface area (Å²) in [4.78, 5) is 10.7. The third-order valence-electron chi connectivity index (χ3n) is 4.75. The monoisotopic (exact) mass is 424 g/mol. The maximum Gasteiger partial charge on any atom is 0.418 e. The Balaban J connectivity index is 1.95. The van der Waals surface area contributed by atoms with Crippen molar-refractivity contribution >= 4 is 17.9 Å². The van der Waals surface area contributed by atoms with Gasteiger partial charge in [0.05, 0.1) is 5.56 Å². The van der Waals surface area contributed by atoms with Gasteiger partial charge in [-0.15, -0.1) is 5.10 Å². The SMILES string of the molecule is O=CC1NN=C(c2ccc(C(F)(F)F)c(N[C@@H](C3CCNCC3)C(F)(F)F)c2)O1. The number of alkyl halides is 6. The number of nitrogens with zero attached hydrogens (tertiary/aromatic N) is 1. The molecular weight excluding hydrogens is 406 g/mol. The lowest BCUT2D eigenvalue weighted by Crippen LogP contribution is -2.46. The largest absolute Gasteiger partial charge is 0.444 e. The van der Waals surface area contributed by atoms with E-state index in [0.717, 1.165) is 12.1 Å². The average molecular weight is 424 g/mol. The second kappa shape index (κ2) is 8.09. The van der Waals surface area contributed by atoms with Crippen molar-refractivity contribution in [3.63, 3.8) is 0 Å². The van der Waals surface area contributed by atoms with Crippen molar-refractivity contribution in [1.82, 2.24) is 10.7 Å². The minimum Gasteiger partial charge on any atom is -0.444 e. The van der Waals surface area contributed by atoms with Gasteiger partial charge in [-0.05, 0) is 50.0 Å². The molecule has 160 valence electrons. The van der Waals surface area contributed by atoms with E-state index < -0.39 is 41.8 Å². The number of piperidine rings is 1. The van der Waals surface area contributed by atoms with Crippen LogP contribution >= 0.6 is 0 Å². The maximum absolute atomic E-state index is 13.7. The Morgan fingerprint density at radius 1 is 1.17 bits per heavy atom. The van der Waals surface area contributed by atoms with E-state index in [1.807, 2.05) is 0 Å². The van der Waals surface area contributed by atoms with Crippen LogP contribution in [0.3, 0.4) is 0 Å². The van der Waals surface area contributed by atoms with Crippen LogP contribution in [-0.2, 0) is 15.7 Å². The smallest absolute Gasteiger partial charge is 0.418 e. The fraction of sp³-hybridized carbons (Fsp3) is 0.529. The van der Waals surface area contributed by atoms with Crippen LogP contribution in [0.15, 0.2) is 23.3 Å². The van der Waals surface area contributed by atoms with Gasteiger partial charge in [-0.3, -0.25) is 10.2 Å². The van der Waals surface area contributed by atoms with Crippen LogP contribution in [0.5, 0.6) is 0 Å². The number of carbonyl (C=O) groups excluding carboxylic acids is 1. The number of benzene rings is 1. The van der Waals surface area contributed by atoms with Gasteiger partial charge in [-0.25, -0.2) is 0 Å². The van der Waals surface area contributed by atoms with Gasteiger partial charge in [0.25, 0.3) is 0 Å². The van der Waals surface area contributed by atoms with Gasteiger partial charge < -0.3 is 15.4 Å². The Morgan fingerprint density at radius 3 is 2.41 bits per heavy atom. The van der Waals surface area contributed by atoms with E-state index in [1.165, 1.54) is 0 Å². The van der Waals surface area contributed by atoms with E-state index in [4.69, 9.17) is 4.74 Å². The molecule has 1 fully saturated rings. The van der Waals surface area contributed by atoms with Gasteiger partial charge in [-0.2, -0.15) is 26.3 Å². The number of ether oxygens (including phenoxy) is 1. The molecule has 2 heterocycles. The van der Waals surface area contributed by atoms with E-state index in [0.29, 0.717) is 25.4 Å². The predicted octanol–water partition coefficient (Wildman–Crippen LogP) is 2.85. The minimum absolute atomic E-state index is 0.00332. The molecule has 6 nitrogen and oxygen atoms in total. The van der Waals surface area contributed by atoms with E-state index in [-0.39, 0.29) is 24.3 Å². The molecule has 0 amide bonds. The van der Waals surface area contributed by atoms with Crippen molar-refractivity contribution in [2.75, 3.05) is 18.4 Å². The third kappa shape index (κ3) is 4.92. The summed E-state index contributed by atoms with van der Waals surface area (Å²) in [5.41, 5.74) is 0.349. The van der Waals surface area contributed by atoms with Crippen LogP contribution in [0.1, 0.15) is 24.0 Å². The van der Waals surface area contributed by atoms with Crippen LogP contribution in [0.2, 0.25) is 0 Å². The topological polar surface area (TPSA) is 74.8 Å². The first kappa shape index (κ1) is 21.2. The van der Waals surface area contributed by atoms with E-state index in [9.17, 15) is 31.1 Å². The van der Waals surface area contributed by atoms with Crippen LogP contribution in [0.25, 0.3) is 0 Å². The highest BCUT2D eigenvalue weighted by molar-refractivity contribution is 5.97. The number of hydrogen-bond acceptors (Lipinski definition) is 6. The molecule has 1 unspecified atom stereocenters. The van der Waals surface area contributed by atoms with Gasteiger partial charge in [0.15, 0.2) is 6.29 Å². The standard InChI is InChI=1S/C17H18F6N4O2/c18-16(19,20)11-2-1-10(15-27-26-13(8-28)29-15)7-12(11)25-14(17(21,22)23)9-3-5-24-6-4-9/h1-2,7-9,13-14,24-26H,3-6H2/t13?,14-/m0/s1. The zero-order valence-corrected chi connectivity index (χ0v) is 14.9. The first-order valence-electron chi connectivity index (χ1n) is 8.80. The molecular formula is C17H18F6N4O2. The molecule has 1 aromatic rings. The molecule has 1 saturated heterocycles. The zero-order valence-electron chi connectivity index (χ0n) is 14.9. The molecule has 0 radical (unpaired) electrons. The number of rotatable bonds is 5. The number of aldehydes is 1. The molecule has 3 rings (SSSR count). The summed E-state index contributed by atoms with van der Waals surface area (Å²) in [5.74, 6) is -1.06. The van der Waals surface area contributed by atoms with Crippen molar-refractivity contribution in [2.45, 2.75) is 37.5 Å². The van der Waals surface area contributed by atoms with Crippen LogP contribution in [0, 0.1) is 5.92 Å². The molecule has 0 spiro atoms. The predicted molar refractivity (Wildman–Crippen MR) is 91.1 cm³/mol. The number of hydrogen-bond donors (Lipinski definition) is 3. The summed E-state index contributed by atoms with van der Waals surface area (Å²) >= 11 is 0. The van der Waals surface area contributed by atoms with Gasteiger partial charge in [-0.1, -0.05) is 0 Å². The summed E-state index contributed by atoms with van der Waals surface area (Å²) in [6.45, 7) is 0.711. The van der Waals surface area contributed by atoms with Crippen LogP contribution in [-0.4, -0.2) is 43.7 Å². The van der Waals surface area contributed by atoms with Crippen LogP contribution < -0.4 is 16.1 Å². The number of hydrazone groups is 1. The second-order valence-electron chi connectivity index (χ2n) is 6.73. The molecule has 2 aliphatic rings. The molecule has 0 aromatic heterocycles. The Labute approximate surface area is 161 Å². The highest BCUT2D eigenvalue weighted by Crippen LogP contribution is 2.39. The van der Waals surface area contributed by atoms with Gasteiger partial charge in [0, 0.05) is 11.3 Å². The summed E-state index contributed by atoms with van der Waals surface area (Å²) in [6.07, 6.45) is -9.98. The summed E-state index contributed by atoms with van der Waals surface area (Å²) < 4.78 is 86.3. The quantitative estimate of drug-likeness (QED) is 0.501. The molecule has 2 atom stereocenters. The number of carbonyl (C=O) groups is 1. The lowest BCUT2D eigenvalue weighted by molar-refractivity contribution is -0.156. The molecule has 0 aliphatic carbocycles. The number of nitrogens with one attached hydrogen (secondary N) is 3. The van der Waals surface area contributed by atoms with E-state index in [1.54, 1.807) is 0 Å². The molecule has 29 heavy (non-hydrogen) atoms. The second-order valence-corrected chi connectivity index (χ2v) is 6.73. The Hall–Kier alpha value is -2.50. The van der Waals surface area contributed by atoms with Crippen molar-refractivity contribution in [2.24, 2.45) is 11.0 Å². The lowest BCUT2D eigenvalue weighted by atomic mass is 9.89. The molecule has 1 aromatic carbocycles. The number of halogens is 6. The normalized spacial score (nSPS) is 21.7. The van der Waals surface area contributed by atoms with Crippen LogP contribution in [0.4, 0.5) is 32.0 Å². The Morgan fingerprint density at radius 2 is 1.86 bits per heavy atom. The highest BCUT2D eigenvalue weighted by atomic mass is 19.4. The molecule has 3 N–H and O–H groups in total. The summed E-state index contributed by atoms with van der Waals surface area (Å²) in [5, 5.41) is 8.70. The summed E-state index contributed by atoms with van der Waals surface area (Å²) in [7, 11) is 0. The van der Waals surface area contributed by atoms with E-state index >= 15 is 0 Å². The highest BCUT2D eigenvalue weighted by Gasteiger charge is 2.46. The van der Waals surface area contributed by atoms with E-state index in [2.05, 4.69) is 21.2 Å². The van der Waals surface area contributed by atoms with Crippen molar-refractivity contribution in [1.29, 1.82) is 0 Å². The fourth-order valence-electron chi connectivity index (χ4n) is 3.34. The lowest BCUT2D eigenvalue weighted by Gasteiger charge is -2.34. The van der Waals surface area contributed by atoms with Crippen molar-refractivity contribution in [3.05, 3.63) is 29.3 Å². The molecule has 2 aliphatic heterocycles. The Bertz CT molecular complexity index is 774.